The maximum absolute atomic E-state index is 13.4. The lowest BCUT2D eigenvalue weighted by atomic mass is 10.1. The van der Waals surface area contributed by atoms with Gasteiger partial charge in [-0.15, -0.1) is 0 Å². The van der Waals surface area contributed by atoms with Crippen molar-refractivity contribution >= 4 is 0 Å². The second-order valence-electron chi connectivity index (χ2n) is 3.65. The van der Waals surface area contributed by atoms with Gasteiger partial charge in [0.1, 0.15) is 0 Å². The van der Waals surface area contributed by atoms with Gasteiger partial charge in [0.25, 0.3) is 0 Å². The van der Waals surface area contributed by atoms with E-state index in [0.29, 0.717) is 0 Å². The van der Waals surface area contributed by atoms with Crippen molar-refractivity contribution < 1.29 is 9.13 Å². The Labute approximate surface area is 83.9 Å². The average molecular weight is 197 g/mol. The van der Waals surface area contributed by atoms with Gasteiger partial charge in [-0.1, -0.05) is 6.07 Å². The van der Waals surface area contributed by atoms with Gasteiger partial charge in [0.15, 0.2) is 11.6 Å². The molecule has 0 amide bonds. The molecule has 3 heteroatoms. The SMILES string of the molecule is CC(C)Oc1ccc([C@@H](C)N)cc1F. The summed E-state index contributed by atoms with van der Waals surface area (Å²) < 4.78 is 18.7. The van der Waals surface area contributed by atoms with Crippen molar-refractivity contribution in [2.24, 2.45) is 5.73 Å². The molecule has 0 saturated heterocycles. The highest BCUT2D eigenvalue weighted by atomic mass is 19.1. The zero-order valence-electron chi connectivity index (χ0n) is 8.75. The molecule has 0 aliphatic heterocycles. The third-order valence-corrected chi connectivity index (χ3v) is 1.84. The van der Waals surface area contributed by atoms with Gasteiger partial charge in [0, 0.05) is 6.04 Å². The molecule has 0 heterocycles. The van der Waals surface area contributed by atoms with Crippen molar-refractivity contribution in [3.8, 4) is 5.75 Å². The normalized spacial score (nSPS) is 13.0. The fraction of sp³-hybridized carbons (Fsp3) is 0.455. The monoisotopic (exact) mass is 197 g/mol. The summed E-state index contributed by atoms with van der Waals surface area (Å²) in [6, 6.07) is 4.67. The molecule has 0 unspecified atom stereocenters. The van der Waals surface area contributed by atoms with Crippen LogP contribution in [0.3, 0.4) is 0 Å². The summed E-state index contributed by atoms with van der Waals surface area (Å²) >= 11 is 0. The van der Waals surface area contributed by atoms with Crippen molar-refractivity contribution in [1.29, 1.82) is 0 Å². The van der Waals surface area contributed by atoms with Crippen molar-refractivity contribution in [2.75, 3.05) is 0 Å². The summed E-state index contributed by atoms with van der Waals surface area (Å²) in [5, 5.41) is 0. The van der Waals surface area contributed by atoms with Crippen LogP contribution in [0.15, 0.2) is 18.2 Å². The smallest absolute Gasteiger partial charge is 0.165 e. The summed E-state index contributed by atoms with van der Waals surface area (Å²) in [6.07, 6.45) is -0.0225. The van der Waals surface area contributed by atoms with Crippen LogP contribution in [0.25, 0.3) is 0 Å². The molecule has 0 saturated carbocycles. The molecule has 0 radical (unpaired) electrons. The van der Waals surface area contributed by atoms with Gasteiger partial charge < -0.3 is 10.5 Å². The van der Waals surface area contributed by atoms with E-state index in [1.165, 1.54) is 6.07 Å². The first-order chi connectivity index (χ1) is 6.50. The van der Waals surface area contributed by atoms with E-state index >= 15 is 0 Å². The number of benzene rings is 1. The lowest BCUT2D eigenvalue weighted by Crippen LogP contribution is -2.09. The van der Waals surface area contributed by atoms with Crippen molar-refractivity contribution in [3.63, 3.8) is 0 Å². The molecule has 0 aromatic heterocycles. The molecule has 2 N–H and O–H groups in total. The molecule has 1 rings (SSSR count). The first-order valence-electron chi connectivity index (χ1n) is 4.72. The Bertz CT molecular complexity index is 310. The van der Waals surface area contributed by atoms with Gasteiger partial charge >= 0.3 is 0 Å². The van der Waals surface area contributed by atoms with Crippen LogP contribution < -0.4 is 10.5 Å². The van der Waals surface area contributed by atoms with E-state index in [0.717, 1.165) is 5.56 Å². The quantitative estimate of drug-likeness (QED) is 0.808. The number of ether oxygens (including phenoxy) is 1. The van der Waals surface area contributed by atoms with Crippen molar-refractivity contribution in [2.45, 2.75) is 32.9 Å². The van der Waals surface area contributed by atoms with Crippen LogP contribution in [-0.2, 0) is 0 Å². The highest BCUT2D eigenvalue weighted by Crippen LogP contribution is 2.21. The highest BCUT2D eigenvalue weighted by Gasteiger charge is 2.08. The molecule has 0 bridgehead atoms. The van der Waals surface area contributed by atoms with E-state index in [4.69, 9.17) is 10.5 Å². The van der Waals surface area contributed by atoms with Gasteiger partial charge in [0.2, 0.25) is 0 Å². The van der Waals surface area contributed by atoms with E-state index < -0.39 is 0 Å². The zero-order chi connectivity index (χ0) is 10.7. The van der Waals surface area contributed by atoms with Crippen LogP contribution in [-0.4, -0.2) is 6.10 Å². The van der Waals surface area contributed by atoms with E-state index in [-0.39, 0.29) is 23.7 Å². The van der Waals surface area contributed by atoms with E-state index in [1.54, 1.807) is 12.1 Å². The predicted octanol–water partition coefficient (Wildman–Crippen LogP) is 2.63. The lowest BCUT2D eigenvalue weighted by Gasteiger charge is -2.12. The fourth-order valence-corrected chi connectivity index (χ4v) is 1.15. The minimum Gasteiger partial charge on any atom is -0.488 e. The summed E-state index contributed by atoms with van der Waals surface area (Å²) in [6.45, 7) is 5.54. The minimum absolute atomic E-state index is 0.0225. The third-order valence-electron chi connectivity index (χ3n) is 1.84. The Morgan fingerprint density at radius 3 is 2.36 bits per heavy atom. The average Bonchev–Trinajstić information content (AvgIpc) is 2.07. The summed E-state index contributed by atoms with van der Waals surface area (Å²) in [4.78, 5) is 0. The molecule has 1 atom stereocenters. The second-order valence-corrected chi connectivity index (χ2v) is 3.65. The summed E-state index contributed by atoms with van der Waals surface area (Å²) in [7, 11) is 0. The van der Waals surface area contributed by atoms with E-state index in [1.807, 2.05) is 20.8 Å². The van der Waals surface area contributed by atoms with Crippen LogP contribution in [0.1, 0.15) is 32.4 Å². The van der Waals surface area contributed by atoms with Gasteiger partial charge in [-0.2, -0.15) is 0 Å². The van der Waals surface area contributed by atoms with Crippen molar-refractivity contribution in [1.82, 2.24) is 0 Å². The van der Waals surface area contributed by atoms with Gasteiger partial charge in [-0.25, -0.2) is 4.39 Å². The molecule has 1 aromatic carbocycles. The Kier molecular flexibility index (Phi) is 3.47. The maximum Gasteiger partial charge on any atom is 0.165 e. The Balaban J connectivity index is 2.90. The van der Waals surface area contributed by atoms with Gasteiger partial charge in [0.05, 0.1) is 6.10 Å². The molecule has 2 nitrogen and oxygen atoms in total. The lowest BCUT2D eigenvalue weighted by molar-refractivity contribution is 0.231. The number of nitrogens with two attached hydrogens (primary N) is 1. The van der Waals surface area contributed by atoms with Gasteiger partial charge in [-0.3, -0.25) is 0 Å². The second kappa shape index (κ2) is 4.42. The number of hydrogen-bond acceptors (Lipinski definition) is 2. The van der Waals surface area contributed by atoms with Crippen LogP contribution in [0.5, 0.6) is 5.75 Å². The largest absolute Gasteiger partial charge is 0.488 e. The molecule has 1 aromatic rings. The summed E-state index contributed by atoms with van der Waals surface area (Å²) in [5.41, 5.74) is 6.40. The molecule has 0 aliphatic carbocycles. The first kappa shape index (κ1) is 11.0. The standard InChI is InChI=1S/C11H16FNO/c1-7(2)14-11-5-4-9(8(3)13)6-10(11)12/h4-8H,13H2,1-3H3/t8-/m1/s1. The molecular weight excluding hydrogens is 181 g/mol. The molecule has 78 valence electrons. The molecule has 14 heavy (non-hydrogen) atoms. The number of rotatable bonds is 3. The van der Waals surface area contributed by atoms with Gasteiger partial charge in [-0.05, 0) is 38.5 Å². The van der Waals surface area contributed by atoms with E-state index in [2.05, 4.69) is 0 Å². The Hall–Kier alpha value is -1.09. The van der Waals surface area contributed by atoms with Crippen LogP contribution >= 0.6 is 0 Å². The number of hydrogen-bond donors (Lipinski definition) is 1. The maximum atomic E-state index is 13.4. The van der Waals surface area contributed by atoms with Crippen LogP contribution in [0, 0.1) is 5.82 Å². The zero-order valence-corrected chi connectivity index (χ0v) is 8.75. The van der Waals surface area contributed by atoms with Crippen LogP contribution in [0.4, 0.5) is 4.39 Å². The van der Waals surface area contributed by atoms with E-state index in [9.17, 15) is 4.39 Å². The van der Waals surface area contributed by atoms with Crippen molar-refractivity contribution in [3.05, 3.63) is 29.6 Å². The Morgan fingerprint density at radius 2 is 1.93 bits per heavy atom. The fourth-order valence-electron chi connectivity index (χ4n) is 1.15. The minimum atomic E-state index is -0.353. The molecule has 0 fully saturated rings. The molecular formula is C11H16FNO. The first-order valence-corrected chi connectivity index (χ1v) is 4.72. The summed E-state index contributed by atoms with van der Waals surface area (Å²) in [5.74, 6) is -0.0714. The molecule has 0 spiro atoms. The Morgan fingerprint density at radius 1 is 1.29 bits per heavy atom. The topological polar surface area (TPSA) is 35.2 Å². The third kappa shape index (κ3) is 2.70. The predicted molar refractivity (Wildman–Crippen MR) is 54.8 cm³/mol. The highest BCUT2D eigenvalue weighted by molar-refractivity contribution is 5.30. The molecule has 0 aliphatic rings. The van der Waals surface area contributed by atoms with Crippen LogP contribution in [0.2, 0.25) is 0 Å². The number of halogens is 1.